The number of carbonyl (C=O) groups is 2. The molecule has 0 saturated carbocycles. The maximum atomic E-state index is 11.2. The van der Waals surface area contributed by atoms with Crippen LogP contribution in [0.4, 0.5) is 0 Å². The first-order valence-electron chi connectivity index (χ1n) is 4.39. The topological polar surface area (TPSA) is 52.6 Å². The Kier molecular flexibility index (Phi) is 2.64. The Morgan fingerprint density at radius 1 is 1.64 bits per heavy atom. The molecule has 14 heavy (non-hydrogen) atoms. The zero-order chi connectivity index (χ0) is 10.9. The second kappa shape index (κ2) is 3.44. The van der Waals surface area contributed by atoms with E-state index < -0.39 is 17.5 Å². The molecule has 4 nitrogen and oxygen atoms in total. The molecule has 1 unspecified atom stereocenters. The Balaban J connectivity index is 2.68. The summed E-state index contributed by atoms with van der Waals surface area (Å²) in [6.45, 7) is 8.54. The summed E-state index contributed by atoms with van der Waals surface area (Å²) < 4.78 is 9.89. The lowest BCUT2D eigenvalue weighted by atomic mass is 9.89. The van der Waals surface area contributed by atoms with E-state index in [1.165, 1.54) is 0 Å². The van der Waals surface area contributed by atoms with E-state index in [2.05, 4.69) is 6.58 Å². The molecule has 0 N–H and O–H groups in total. The lowest BCUT2D eigenvalue weighted by Crippen LogP contribution is -2.34. The van der Waals surface area contributed by atoms with E-state index in [0.717, 1.165) is 0 Å². The molecule has 78 valence electrons. The maximum Gasteiger partial charge on any atom is 0.333 e. The summed E-state index contributed by atoms with van der Waals surface area (Å²) in [4.78, 5) is 22.4. The fraction of sp³-hybridized carbons (Fsp3) is 0.600. The first-order chi connectivity index (χ1) is 6.35. The molecule has 1 aliphatic heterocycles. The van der Waals surface area contributed by atoms with Gasteiger partial charge in [-0.2, -0.15) is 0 Å². The van der Waals surface area contributed by atoms with Gasteiger partial charge in [-0.1, -0.05) is 6.58 Å². The number of hydrogen-bond donors (Lipinski definition) is 0. The van der Waals surface area contributed by atoms with Gasteiger partial charge in [0.2, 0.25) is 0 Å². The van der Waals surface area contributed by atoms with Crippen molar-refractivity contribution in [1.82, 2.24) is 0 Å². The third-order valence-electron chi connectivity index (χ3n) is 2.29. The normalized spacial score (nSPS) is 24.2. The lowest BCUT2D eigenvalue weighted by molar-refractivity contribution is -0.150. The van der Waals surface area contributed by atoms with E-state index in [1.54, 1.807) is 20.8 Å². The van der Waals surface area contributed by atoms with E-state index in [0.29, 0.717) is 5.57 Å². The van der Waals surface area contributed by atoms with Crippen molar-refractivity contribution in [3.8, 4) is 0 Å². The smallest absolute Gasteiger partial charge is 0.333 e. The van der Waals surface area contributed by atoms with Gasteiger partial charge >= 0.3 is 11.9 Å². The van der Waals surface area contributed by atoms with Crippen LogP contribution >= 0.6 is 0 Å². The van der Waals surface area contributed by atoms with Crippen molar-refractivity contribution in [2.24, 2.45) is 5.41 Å². The molecular weight excluding hydrogens is 184 g/mol. The summed E-state index contributed by atoms with van der Waals surface area (Å²) in [5.74, 6) is -0.821. The SMILES string of the molecule is C=C(C)C(=O)OC1COC(=O)C1(C)C. The molecule has 4 heteroatoms. The summed E-state index contributed by atoms with van der Waals surface area (Å²) in [5.41, 5.74) is -0.439. The quantitative estimate of drug-likeness (QED) is 0.491. The number of ether oxygens (including phenoxy) is 2. The highest BCUT2D eigenvalue weighted by Gasteiger charge is 2.47. The van der Waals surface area contributed by atoms with Crippen molar-refractivity contribution >= 4 is 11.9 Å². The van der Waals surface area contributed by atoms with Crippen molar-refractivity contribution in [3.63, 3.8) is 0 Å². The molecule has 1 rings (SSSR count). The Morgan fingerprint density at radius 3 is 2.57 bits per heavy atom. The van der Waals surface area contributed by atoms with Gasteiger partial charge in [0.25, 0.3) is 0 Å². The standard InChI is InChI=1S/C10H14O4/c1-6(2)8(11)14-7-5-13-9(12)10(7,3)4/h7H,1,5H2,2-4H3. The fourth-order valence-electron chi connectivity index (χ4n) is 1.09. The molecule has 0 aliphatic carbocycles. The third kappa shape index (κ3) is 1.78. The lowest BCUT2D eigenvalue weighted by Gasteiger charge is -2.21. The van der Waals surface area contributed by atoms with Crippen LogP contribution in [0.25, 0.3) is 0 Å². The highest BCUT2D eigenvalue weighted by atomic mass is 16.6. The molecule has 0 aromatic rings. The predicted octanol–water partition coefficient (Wildman–Crippen LogP) is 1.06. The summed E-state index contributed by atoms with van der Waals surface area (Å²) in [6.07, 6.45) is -0.515. The number of carbonyl (C=O) groups excluding carboxylic acids is 2. The minimum absolute atomic E-state index is 0.130. The first kappa shape index (κ1) is 10.8. The van der Waals surface area contributed by atoms with Gasteiger partial charge in [0.05, 0.1) is 0 Å². The largest absolute Gasteiger partial charge is 0.461 e. The molecule has 1 fully saturated rings. The van der Waals surface area contributed by atoms with E-state index in [9.17, 15) is 9.59 Å². The molecule has 0 amide bonds. The van der Waals surface area contributed by atoms with Crippen LogP contribution in [0, 0.1) is 5.41 Å². The van der Waals surface area contributed by atoms with Gasteiger partial charge in [0.1, 0.15) is 12.0 Å². The van der Waals surface area contributed by atoms with Gasteiger partial charge in [-0.25, -0.2) is 4.79 Å². The van der Waals surface area contributed by atoms with E-state index in [1.807, 2.05) is 0 Å². The fourth-order valence-corrected chi connectivity index (χ4v) is 1.09. The molecular formula is C10H14O4. The highest BCUT2D eigenvalue weighted by molar-refractivity contribution is 5.88. The maximum absolute atomic E-state index is 11.2. The minimum atomic E-state index is -0.759. The van der Waals surface area contributed by atoms with E-state index in [4.69, 9.17) is 9.47 Å². The third-order valence-corrected chi connectivity index (χ3v) is 2.29. The minimum Gasteiger partial charge on any atom is -0.461 e. The Hall–Kier alpha value is -1.32. The van der Waals surface area contributed by atoms with Gasteiger partial charge in [0, 0.05) is 5.57 Å². The zero-order valence-corrected chi connectivity index (χ0v) is 8.62. The van der Waals surface area contributed by atoms with Crippen molar-refractivity contribution in [3.05, 3.63) is 12.2 Å². The zero-order valence-electron chi connectivity index (χ0n) is 8.62. The van der Waals surface area contributed by atoms with Crippen molar-refractivity contribution in [2.45, 2.75) is 26.9 Å². The Morgan fingerprint density at radius 2 is 2.21 bits per heavy atom. The molecule has 1 saturated heterocycles. The number of rotatable bonds is 2. The average molecular weight is 198 g/mol. The molecule has 1 atom stereocenters. The number of cyclic esters (lactones) is 1. The van der Waals surface area contributed by atoms with Gasteiger partial charge < -0.3 is 9.47 Å². The number of esters is 2. The molecule has 1 aliphatic rings. The van der Waals surface area contributed by atoms with Crippen LogP contribution in [-0.2, 0) is 19.1 Å². The molecule has 0 aromatic carbocycles. The Labute approximate surface area is 82.9 Å². The average Bonchev–Trinajstić information content (AvgIpc) is 2.31. The molecule has 0 radical (unpaired) electrons. The second-order valence-corrected chi connectivity index (χ2v) is 3.99. The van der Waals surface area contributed by atoms with Crippen molar-refractivity contribution in [1.29, 1.82) is 0 Å². The van der Waals surface area contributed by atoms with Gasteiger partial charge in [0.15, 0.2) is 6.10 Å². The van der Waals surface area contributed by atoms with Crippen LogP contribution in [0.15, 0.2) is 12.2 Å². The van der Waals surface area contributed by atoms with E-state index in [-0.39, 0.29) is 12.6 Å². The second-order valence-electron chi connectivity index (χ2n) is 3.99. The van der Waals surface area contributed by atoms with Crippen LogP contribution in [-0.4, -0.2) is 24.6 Å². The van der Waals surface area contributed by atoms with Gasteiger partial charge in [-0.05, 0) is 20.8 Å². The Bertz CT molecular complexity index is 290. The first-order valence-corrected chi connectivity index (χ1v) is 4.39. The molecule has 0 spiro atoms. The number of hydrogen-bond acceptors (Lipinski definition) is 4. The van der Waals surface area contributed by atoms with Gasteiger partial charge in [-0.15, -0.1) is 0 Å². The van der Waals surface area contributed by atoms with Crippen LogP contribution in [0.1, 0.15) is 20.8 Å². The van der Waals surface area contributed by atoms with Crippen LogP contribution < -0.4 is 0 Å². The van der Waals surface area contributed by atoms with E-state index >= 15 is 0 Å². The molecule has 0 aromatic heterocycles. The predicted molar refractivity (Wildman–Crippen MR) is 49.4 cm³/mol. The summed E-state index contributed by atoms with van der Waals surface area (Å²) >= 11 is 0. The van der Waals surface area contributed by atoms with Crippen molar-refractivity contribution in [2.75, 3.05) is 6.61 Å². The van der Waals surface area contributed by atoms with Crippen LogP contribution in [0.5, 0.6) is 0 Å². The van der Waals surface area contributed by atoms with Crippen LogP contribution in [0.3, 0.4) is 0 Å². The van der Waals surface area contributed by atoms with Gasteiger partial charge in [-0.3, -0.25) is 4.79 Å². The summed E-state index contributed by atoms with van der Waals surface area (Å²) in [7, 11) is 0. The van der Waals surface area contributed by atoms with Crippen LogP contribution in [0.2, 0.25) is 0 Å². The molecule has 1 heterocycles. The van der Waals surface area contributed by atoms with Crippen molar-refractivity contribution < 1.29 is 19.1 Å². The monoisotopic (exact) mass is 198 g/mol. The molecule has 0 bridgehead atoms. The highest BCUT2D eigenvalue weighted by Crippen LogP contribution is 2.31. The summed E-state index contributed by atoms with van der Waals surface area (Å²) in [5, 5.41) is 0. The summed E-state index contributed by atoms with van der Waals surface area (Å²) in [6, 6.07) is 0.